The molecule has 0 unspecified atom stereocenters. The molecule has 0 fully saturated rings. The van der Waals surface area contributed by atoms with E-state index in [1.165, 1.54) is 0 Å². The van der Waals surface area contributed by atoms with Crippen molar-refractivity contribution < 1.29 is 13.5 Å². The number of hydrogen-bond donors (Lipinski definition) is 0. The zero-order valence-electron chi connectivity index (χ0n) is 8.78. The highest BCUT2D eigenvalue weighted by Crippen LogP contribution is 2.31. The zero-order chi connectivity index (χ0) is 13.1. The number of nitrogens with zero attached hydrogens (tertiary/aromatic N) is 2. The summed E-state index contributed by atoms with van der Waals surface area (Å²) in [7, 11) is 0. The number of halogens is 4. The van der Waals surface area contributed by atoms with Crippen molar-refractivity contribution in [3.63, 3.8) is 0 Å². The van der Waals surface area contributed by atoms with E-state index in [2.05, 4.69) is 14.7 Å². The number of ether oxygens (including phenoxy) is 1. The Bertz CT molecular complexity index is 549. The van der Waals surface area contributed by atoms with Gasteiger partial charge in [-0.2, -0.15) is 8.78 Å². The second-order valence-electron chi connectivity index (χ2n) is 3.22. The standard InChI is InChI=1S/C11H6Cl2F2N2O/c12-8-3-1-2-7(9(8)13)10-16-4-6(5-17-10)18-11(14)15/h1-5,11H. The SMILES string of the molecule is FC(F)Oc1cnc(-c2cccc(Cl)c2Cl)nc1. The molecule has 0 atom stereocenters. The van der Waals surface area contributed by atoms with Crippen LogP contribution in [0.2, 0.25) is 10.0 Å². The average Bonchev–Trinajstić information content (AvgIpc) is 2.33. The third kappa shape index (κ3) is 2.86. The summed E-state index contributed by atoms with van der Waals surface area (Å²) in [5.74, 6) is 0.163. The molecule has 7 heteroatoms. The van der Waals surface area contributed by atoms with Gasteiger partial charge in [0.05, 0.1) is 22.4 Å². The van der Waals surface area contributed by atoms with Crippen LogP contribution in [0.4, 0.5) is 8.78 Å². The normalized spacial score (nSPS) is 10.7. The third-order valence-electron chi connectivity index (χ3n) is 2.05. The number of benzene rings is 1. The van der Waals surface area contributed by atoms with E-state index in [0.717, 1.165) is 12.4 Å². The topological polar surface area (TPSA) is 35.0 Å². The Kier molecular flexibility index (Phi) is 3.93. The van der Waals surface area contributed by atoms with Crippen molar-refractivity contribution in [1.82, 2.24) is 9.97 Å². The van der Waals surface area contributed by atoms with Crippen molar-refractivity contribution in [2.24, 2.45) is 0 Å². The quantitative estimate of drug-likeness (QED) is 0.855. The van der Waals surface area contributed by atoms with E-state index < -0.39 is 6.61 Å². The summed E-state index contributed by atoms with van der Waals surface area (Å²) in [4.78, 5) is 7.78. The fourth-order valence-corrected chi connectivity index (χ4v) is 1.68. The highest BCUT2D eigenvalue weighted by Gasteiger charge is 2.10. The molecule has 0 saturated heterocycles. The maximum absolute atomic E-state index is 11.9. The Balaban J connectivity index is 2.32. The van der Waals surface area contributed by atoms with Crippen LogP contribution in [-0.2, 0) is 0 Å². The predicted octanol–water partition coefficient (Wildman–Crippen LogP) is 4.05. The minimum absolute atomic E-state index is 0.119. The lowest BCUT2D eigenvalue weighted by Gasteiger charge is -2.06. The van der Waals surface area contributed by atoms with Crippen molar-refractivity contribution in [1.29, 1.82) is 0 Å². The van der Waals surface area contributed by atoms with Crippen molar-refractivity contribution in [2.45, 2.75) is 6.61 Å². The molecule has 94 valence electrons. The monoisotopic (exact) mass is 290 g/mol. The molecule has 1 aromatic heterocycles. The van der Waals surface area contributed by atoms with E-state index >= 15 is 0 Å². The lowest BCUT2D eigenvalue weighted by molar-refractivity contribution is -0.0503. The maximum atomic E-state index is 11.9. The Morgan fingerprint density at radius 3 is 2.39 bits per heavy atom. The van der Waals surface area contributed by atoms with E-state index in [-0.39, 0.29) is 11.6 Å². The summed E-state index contributed by atoms with van der Waals surface area (Å²) in [6, 6.07) is 5.00. The first kappa shape index (κ1) is 13.0. The summed E-state index contributed by atoms with van der Waals surface area (Å²) in [5, 5.41) is 0.673. The minimum Gasteiger partial charge on any atom is -0.432 e. The molecule has 0 bridgehead atoms. The molecule has 0 aliphatic carbocycles. The summed E-state index contributed by atoms with van der Waals surface area (Å²) in [6.45, 7) is -2.91. The van der Waals surface area contributed by atoms with Crippen LogP contribution < -0.4 is 4.74 Å². The highest BCUT2D eigenvalue weighted by atomic mass is 35.5. The van der Waals surface area contributed by atoms with Crippen LogP contribution in [0.25, 0.3) is 11.4 Å². The van der Waals surface area contributed by atoms with E-state index in [1.54, 1.807) is 18.2 Å². The Morgan fingerprint density at radius 1 is 1.11 bits per heavy atom. The summed E-state index contributed by atoms with van der Waals surface area (Å²) in [6.07, 6.45) is 2.29. The van der Waals surface area contributed by atoms with Crippen LogP contribution in [0.15, 0.2) is 30.6 Å². The van der Waals surface area contributed by atoms with Gasteiger partial charge in [0, 0.05) is 5.56 Å². The molecule has 2 aromatic rings. The first-order chi connectivity index (χ1) is 8.58. The molecule has 2 rings (SSSR count). The molecule has 0 amide bonds. The molecule has 0 N–H and O–H groups in total. The highest BCUT2D eigenvalue weighted by molar-refractivity contribution is 6.43. The Hall–Kier alpha value is -1.46. The Labute approximate surface area is 111 Å². The number of alkyl halides is 2. The first-order valence-electron chi connectivity index (χ1n) is 4.79. The van der Waals surface area contributed by atoms with Gasteiger partial charge >= 0.3 is 6.61 Å². The number of hydrogen-bond acceptors (Lipinski definition) is 3. The average molecular weight is 291 g/mol. The number of aromatic nitrogens is 2. The van der Waals surface area contributed by atoms with Gasteiger partial charge in [0.1, 0.15) is 0 Å². The van der Waals surface area contributed by atoms with Gasteiger partial charge in [0.15, 0.2) is 11.6 Å². The fraction of sp³-hybridized carbons (Fsp3) is 0.0909. The molecule has 18 heavy (non-hydrogen) atoms. The van der Waals surface area contributed by atoms with Gasteiger partial charge < -0.3 is 4.74 Å². The molecule has 0 radical (unpaired) electrons. The van der Waals surface area contributed by atoms with Crippen LogP contribution in [0, 0.1) is 0 Å². The Morgan fingerprint density at radius 2 is 1.78 bits per heavy atom. The van der Waals surface area contributed by atoms with E-state index in [9.17, 15) is 8.78 Å². The molecule has 0 spiro atoms. The third-order valence-corrected chi connectivity index (χ3v) is 2.86. The minimum atomic E-state index is -2.91. The van der Waals surface area contributed by atoms with Crippen molar-refractivity contribution in [3.8, 4) is 17.1 Å². The van der Waals surface area contributed by atoms with Gasteiger partial charge in [0.2, 0.25) is 0 Å². The molecule has 3 nitrogen and oxygen atoms in total. The predicted molar refractivity (Wildman–Crippen MR) is 64.1 cm³/mol. The molecule has 1 heterocycles. The lowest BCUT2D eigenvalue weighted by Crippen LogP contribution is -2.03. The van der Waals surface area contributed by atoms with Crippen LogP contribution >= 0.6 is 23.2 Å². The first-order valence-corrected chi connectivity index (χ1v) is 5.55. The lowest BCUT2D eigenvalue weighted by atomic mass is 10.2. The number of rotatable bonds is 3. The van der Waals surface area contributed by atoms with Crippen LogP contribution in [0.1, 0.15) is 0 Å². The summed E-state index contributed by atoms with van der Waals surface area (Å²) in [5.41, 5.74) is 0.521. The molecule has 0 aliphatic heterocycles. The van der Waals surface area contributed by atoms with Gasteiger partial charge in [-0.05, 0) is 12.1 Å². The molecular weight excluding hydrogens is 285 g/mol. The molecule has 0 aliphatic rings. The van der Waals surface area contributed by atoms with Gasteiger partial charge in [0.25, 0.3) is 0 Å². The van der Waals surface area contributed by atoms with Gasteiger partial charge in [-0.25, -0.2) is 9.97 Å². The second kappa shape index (κ2) is 5.46. The van der Waals surface area contributed by atoms with Crippen LogP contribution in [-0.4, -0.2) is 16.6 Å². The molecule has 1 aromatic carbocycles. The van der Waals surface area contributed by atoms with Crippen molar-refractivity contribution in [3.05, 3.63) is 40.6 Å². The second-order valence-corrected chi connectivity index (χ2v) is 4.01. The van der Waals surface area contributed by atoms with Gasteiger partial charge in [-0.15, -0.1) is 0 Å². The summed E-state index contributed by atoms with van der Waals surface area (Å²) >= 11 is 11.8. The molecular formula is C11H6Cl2F2N2O. The van der Waals surface area contributed by atoms with Crippen molar-refractivity contribution in [2.75, 3.05) is 0 Å². The van der Waals surface area contributed by atoms with Crippen molar-refractivity contribution >= 4 is 23.2 Å². The largest absolute Gasteiger partial charge is 0.432 e. The van der Waals surface area contributed by atoms with Gasteiger partial charge in [-0.3, -0.25) is 0 Å². The van der Waals surface area contributed by atoms with Gasteiger partial charge in [-0.1, -0.05) is 29.3 Å². The summed E-state index contributed by atoms with van der Waals surface area (Å²) < 4.78 is 28.0. The zero-order valence-corrected chi connectivity index (χ0v) is 10.3. The smallest absolute Gasteiger partial charge is 0.387 e. The van der Waals surface area contributed by atoms with Crippen LogP contribution in [0.5, 0.6) is 5.75 Å². The van der Waals surface area contributed by atoms with E-state index in [0.29, 0.717) is 15.6 Å². The molecule has 0 saturated carbocycles. The van der Waals surface area contributed by atoms with E-state index in [4.69, 9.17) is 23.2 Å². The fourth-order valence-electron chi connectivity index (χ4n) is 1.30. The van der Waals surface area contributed by atoms with Crippen LogP contribution in [0.3, 0.4) is 0 Å². The van der Waals surface area contributed by atoms with E-state index in [1.807, 2.05) is 0 Å². The maximum Gasteiger partial charge on any atom is 0.387 e.